The van der Waals surface area contributed by atoms with E-state index >= 15 is 0 Å². The van der Waals surface area contributed by atoms with Gasteiger partial charge in [-0.2, -0.15) is 0 Å². The normalized spacial score (nSPS) is 26.6. The van der Waals surface area contributed by atoms with Crippen LogP contribution >= 0.6 is 11.6 Å². The number of nitrogens with one attached hydrogen (secondary N) is 1. The first kappa shape index (κ1) is 21.2. The molecule has 2 aliphatic rings. The summed E-state index contributed by atoms with van der Waals surface area (Å²) in [6, 6.07) is 1.12. The van der Waals surface area contributed by atoms with E-state index in [1.807, 2.05) is 6.92 Å². The molecule has 2 saturated carbocycles. The molecule has 0 radical (unpaired) electrons. The highest BCUT2D eigenvalue weighted by Crippen LogP contribution is 2.49. The fourth-order valence-electron chi connectivity index (χ4n) is 5.02. The fourth-order valence-corrected chi connectivity index (χ4v) is 5.18. The highest BCUT2D eigenvalue weighted by atomic mass is 35.5. The van der Waals surface area contributed by atoms with Crippen molar-refractivity contribution in [2.45, 2.75) is 63.6 Å². The molecular weight excluding hydrogens is 414 g/mol. The van der Waals surface area contributed by atoms with Gasteiger partial charge in [0.15, 0.2) is 0 Å². The predicted octanol–water partition coefficient (Wildman–Crippen LogP) is 3.96. The van der Waals surface area contributed by atoms with Gasteiger partial charge in [-0.3, -0.25) is 4.79 Å². The van der Waals surface area contributed by atoms with Gasteiger partial charge in [0.2, 0.25) is 5.91 Å². The molecule has 30 heavy (non-hydrogen) atoms. The number of aliphatic hydroxyl groups excluding tert-OH is 1. The molecule has 4 rings (SSSR count). The molecule has 1 heterocycles. The van der Waals surface area contributed by atoms with Gasteiger partial charge in [-0.25, -0.2) is 13.5 Å². The number of hydrogen-bond acceptors (Lipinski definition) is 4. The van der Waals surface area contributed by atoms with Crippen molar-refractivity contribution in [2.24, 2.45) is 11.3 Å². The molecule has 0 aliphatic heterocycles. The van der Waals surface area contributed by atoms with Gasteiger partial charge >= 0.3 is 0 Å². The second kappa shape index (κ2) is 8.23. The van der Waals surface area contributed by atoms with Crippen molar-refractivity contribution >= 4 is 17.5 Å². The van der Waals surface area contributed by atoms with Crippen LogP contribution in [0.25, 0.3) is 0 Å². The molecule has 0 saturated heterocycles. The Hall–Kier alpha value is -2.06. The Balaban J connectivity index is 1.60. The zero-order chi connectivity index (χ0) is 21.5. The first-order valence-electron chi connectivity index (χ1n) is 10.3. The van der Waals surface area contributed by atoms with E-state index in [1.54, 1.807) is 10.9 Å². The van der Waals surface area contributed by atoms with Crippen LogP contribution in [0.4, 0.5) is 8.78 Å². The number of nitrogens with zero attached hydrogens (tertiary/aromatic N) is 3. The number of aromatic nitrogens is 3. The van der Waals surface area contributed by atoms with E-state index in [0.29, 0.717) is 6.42 Å². The van der Waals surface area contributed by atoms with Crippen LogP contribution in [0.1, 0.15) is 63.1 Å². The van der Waals surface area contributed by atoms with Crippen LogP contribution in [0, 0.1) is 23.0 Å². The van der Waals surface area contributed by atoms with E-state index in [1.165, 1.54) is 12.3 Å². The Morgan fingerprint density at radius 3 is 2.73 bits per heavy atom. The Kier molecular flexibility index (Phi) is 5.81. The minimum atomic E-state index is -0.839. The lowest BCUT2D eigenvalue weighted by molar-refractivity contribution is -0.126. The SMILES string of the molecule is CC1([C@H](NC(=O)[C@@H]2C[C@H](O)[C@@H](n3ccnn3)C2)c2c(F)ccc(Cl)c2F)CCCC1. The Labute approximate surface area is 178 Å². The molecule has 6 nitrogen and oxygen atoms in total. The third kappa shape index (κ3) is 3.83. The number of aliphatic hydroxyl groups is 1. The van der Waals surface area contributed by atoms with Crippen molar-refractivity contribution < 1.29 is 18.7 Å². The summed E-state index contributed by atoms with van der Waals surface area (Å²) in [7, 11) is 0. The maximum absolute atomic E-state index is 14.9. The average Bonchev–Trinajstić information content (AvgIpc) is 3.45. The monoisotopic (exact) mass is 438 g/mol. The van der Waals surface area contributed by atoms with Gasteiger partial charge in [-0.15, -0.1) is 5.10 Å². The molecule has 2 N–H and O–H groups in total. The lowest BCUT2D eigenvalue weighted by Crippen LogP contribution is -2.41. The number of benzene rings is 1. The van der Waals surface area contributed by atoms with E-state index in [0.717, 1.165) is 31.7 Å². The van der Waals surface area contributed by atoms with Crippen LogP contribution in [-0.2, 0) is 4.79 Å². The van der Waals surface area contributed by atoms with Crippen molar-refractivity contribution in [1.29, 1.82) is 0 Å². The minimum Gasteiger partial charge on any atom is -0.391 e. The lowest BCUT2D eigenvalue weighted by Gasteiger charge is -2.36. The zero-order valence-electron chi connectivity index (χ0n) is 16.7. The molecule has 1 amide bonds. The standard InChI is InChI=1S/C21H25ClF2N4O2/c1-21(6-2-3-7-21)19(17-14(23)5-4-13(22)18(17)24)26-20(30)12-10-15(16(29)11-12)28-9-8-25-27-28/h4-5,8-9,12,15-16,19,29H,2-3,6-7,10-11H2,1H3,(H,26,30)/t12-,15-,16-,19+/m0/s1. The third-order valence-corrected chi connectivity index (χ3v) is 7.04. The maximum Gasteiger partial charge on any atom is 0.223 e. The summed E-state index contributed by atoms with van der Waals surface area (Å²) < 4.78 is 31.2. The summed E-state index contributed by atoms with van der Waals surface area (Å²) in [5, 5.41) is 20.8. The number of carbonyl (C=O) groups excluding carboxylic acids is 1. The molecule has 162 valence electrons. The summed E-state index contributed by atoms with van der Waals surface area (Å²) in [6.07, 6.45) is 6.40. The lowest BCUT2D eigenvalue weighted by atomic mass is 9.76. The van der Waals surface area contributed by atoms with Gasteiger partial charge < -0.3 is 10.4 Å². The van der Waals surface area contributed by atoms with Gasteiger partial charge in [0.1, 0.15) is 11.6 Å². The Morgan fingerprint density at radius 2 is 2.07 bits per heavy atom. The first-order chi connectivity index (χ1) is 14.3. The van der Waals surface area contributed by atoms with Crippen molar-refractivity contribution in [1.82, 2.24) is 20.3 Å². The van der Waals surface area contributed by atoms with E-state index in [-0.39, 0.29) is 29.0 Å². The van der Waals surface area contributed by atoms with Gasteiger partial charge in [-0.05, 0) is 43.2 Å². The molecule has 2 fully saturated rings. The summed E-state index contributed by atoms with van der Waals surface area (Å²) in [6.45, 7) is 1.95. The number of hydrogen-bond donors (Lipinski definition) is 2. The van der Waals surface area contributed by atoms with Crippen molar-refractivity contribution in [3.05, 3.63) is 46.7 Å². The maximum atomic E-state index is 14.9. The minimum absolute atomic E-state index is 0.171. The number of amides is 1. The van der Waals surface area contributed by atoms with Crippen molar-refractivity contribution in [3.8, 4) is 0 Å². The second-order valence-corrected chi connectivity index (χ2v) is 9.15. The molecule has 4 atom stereocenters. The molecular formula is C21H25ClF2N4O2. The quantitative estimate of drug-likeness (QED) is 0.692. The van der Waals surface area contributed by atoms with Crippen LogP contribution in [0.5, 0.6) is 0 Å². The van der Waals surface area contributed by atoms with Gasteiger partial charge in [0.25, 0.3) is 0 Å². The topological polar surface area (TPSA) is 80.0 Å². The molecule has 0 bridgehead atoms. The highest BCUT2D eigenvalue weighted by Gasteiger charge is 2.44. The molecule has 2 aromatic rings. The fraction of sp³-hybridized carbons (Fsp3) is 0.571. The van der Waals surface area contributed by atoms with Gasteiger partial charge in [0, 0.05) is 17.7 Å². The first-order valence-corrected chi connectivity index (χ1v) is 10.7. The summed E-state index contributed by atoms with van der Waals surface area (Å²) in [4.78, 5) is 13.2. The number of rotatable bonds is 5. The molecule has 1 aromatic heterocycles. The van der Waals surface area contributed by atoms with Crippen LogP contribution in [-0.4, -0.2) is 32.1 Å². The molecule has 2 aliphatic carbocycles. The van der Waals surface area contributed by atoms with Crippen LogP contribution in [0.3, 0.4) is 0 Å². The van der Waals surface area contributed by atoms with Crippen LogP contribution in [0.15, 0.2) is 24.5 Å². The van der Waals surface area contributed by atoms with Crippen molar-refractivity contribution in [2.75, 3.05) is 0 Å². The molecule has 0 spiro atoms. The number of halogens is 3. The average molecular weight is 439 g/mol. The van der Waals surface area contributed by atoms with Crippen molar-refractivity contribution in [3.63, 3.8) is 0 Å². The second-order valence-electron chi connectivity index (χ2n) is 8.75. The highest BCUT2D eigenvalue weighted by molar-refractivity contribution is 6.30. The van der Waals surface area contributed by atoms with E-state index in [4.69, 9.17) is 11.6 Å². The van der Waals surface area contributed by atoms with Gasteiger partial charge in [0.05, 0.1) is 29.4 Å². The predicted molar refractivity (Wildman–Crippen MR) is 107 cm³/mol. The van der Waals surface area contributed by atoms with E-state index in [9.17, 15) is 18.7 Å². The largest absolute Gasteiger partial charge is 0.391 e. The smallest absolute Gasteiger partial charge is 0.223 e. The Bertz CT molecular complexity index is 918. The van der Waals surface area contributed by atoms with E-state index in [2.05, 4.69) is 15.6 Å². The third-order valence-electron chi connectivity index (χ3n) is 6.75. The Morgan fingerprint density at radius 1 is 1.33 bits per heavy atom. The zero-order valence-corrected chi connectivity index (χ0v) is 17.4. The molecule has 0 unspecified atom stereocenters. The van der Waals surface area contributed by atoms with E-state index < -0.39 is 35.1 Å². The summed E-state index contributed by atoms with van der Waals surface area (Å²) in [5.41, 5.74) is -0.670. The van der Waals surface area contributed by atoms with Crippen LogP contribution < -0.4 is 5.32 Å². The number of carbonyl (C=O) groups is 1. The molecule has 9 heteroatoms. The summed E-state index contributed by atoms with van der Waals surface area (Å²) >= 11 is 5.94. The molecule has 1 aromatic carbocycles. The summed E-state index contributed by atoms with van der Waals surface area (Å²) in [5.74, 6) is -2.37. The van der Waals surface area contributed by atoms with Gasteiger partial charge in [-0.1, -0.05) is 36.6 Å². The van der Waals surface area contributed by atoms with Crippen LogP contribution in [0.2, 0.25) is 5.02 Å².